The van der Waals surface area contributed by atoms with E-state index >= 15 is 0 Å². The largest absolute Gasteiger partial charge is 0.0843 e. The summed E-state index contributed by atoms with van der Waals surface area (Å²) in [5.41, 5.74) is 12.1. The van der Waals surface area contributed by atoms with E-state index in [1.54, 1.807) is 0 Å². The minimum Gasteiger partial charge on any atom is -0.0843 e. The zero-order chi connectivity index (χ0) is 25.5. The maximum Gasteiger partial charge on any atom is 0.0713 e. The van der Waals surface area contributed by atoms with Gasteiger partial charge in [0.1, 0.15) is 0 Å². The van der Waals surface area contributed by atoms with Crippen molar-refractivity contribution < 1.29 is 0 Å². The molecule has 0 atom stereocenters. The third-order valence-corrected chi connectivity index (χ3v) is 8.06. The summed E-state index contributed by atoms with van der Waals surface area (Å²) in [6.45, 7) is 0. The van der Waals surface area contributed by atoms with Crippen LogP contribution in [-0.2, 0) is 5.41 Å². The molecule has 0 fully saturated rings. The van der Waals surface area contributed by atoms with Crippen molar-refractivity contribution in [2.45, 2.75) is 5.41 Å². The Bertz CT molecular complexity index is 1740. The molecule has 1 aliphatic rings. The Kier molecular flexibility index (Phi) is 5.50. The van der Waals surface area contributed by atoms with Crippen LogP contribution in [-0.4, -0.2) is 0 Å². The molecule has 0 radical (unpaired) electrons. The van der Waals surface area contributed by atoms with Crippen molar-refractivity contribution in [3.63, 3.8) is 0 Å². The van der Waals surface area contributed by atoms with Crippen molar-refractivity contribution in [2.75, 3.05) is 0 Å². The zero-order valence-corrected chi connectivity index (χ0v) is 21.6. The van der Waals surface area contributed by atoms with E-state index in [1.165, 1.54) is 50.1 Å². The Labute approximate surface area is 228 Å². The van der Waals surface area contributed by atoms with Crippen LogP contribution in [0.25, 0.3) is 33.4 Å². The second-order valence-corrected chi connectivity index (χ2v) is 10.3. The normalized spacial score (nSPS) is 13.1. The molecule has 6 aromatic rings. The highest BCUT2D eigenvalue weighted by molar-refractivity contribution is 6.30. The van der Waals surface area contributed by atoms with Crippen molar-refractivity contribution >= 4 is 11.6 Å². The third kappa shape index (κ3) is 3.45. The van der Waals surface area contributed by atoms with Crippen LogP contribution in [0.5, 0.6) is 0 Å². The SMILES string of the molecule is Clc1cccc(-c2ccccc2-c2cccc(C3(c4ccccc4)c4ccccc4-c4ccccc43)c2)c1. The predicted octanol–water partition coefficient (Wildman–Crippen LogP) is 10.0. The molecule has 0 bridgehead atoms. The Morgan fingerprint density at radius 2 is 0.842 bits per heavy atom. The molecular formula is C37H25Cl. The van der Waals surface area contributed by atoms with Crippen LogP contribution in [0.1, 0.15) is 22.3 Å². The number of hydrogen-bond acceptors (Lipinski definition) is 0. The number of fused-ring (bicyclic) bond motifs is 3. The lowest BCUT2D eigenvalue weighted by atomic mass is 9.67. The first kappa shape index (κ1) is 22.8. The lowest BCUT2D eigenvalue weighted by molar-refractivity contribution is 0.769. The summed E-state index contributed by atoms with van der Waals surface area (Å²) < 4.78 is 0. The fraction of sp³-hybridized carbons (Fsp3) is 0.0270. The molecule has 0 amide bonds. The van der Waals surface area contributed by atoms with E-state index in [0.29, 0.717) is 0 Å². The first-order chi connectivity index (χ1) is 18.8. The molecule has 7 rings (SSSR count). The van der Waals surface area contributed by atoms with Crippen LogP contribution in [0.4, 0.5) is 0 Å². The fourth-order valence-corrected chi connectivity index (χ4v) is 6.46. The van der Waals surface area contributed by atoms with E-state index in [-0.39, 0.29) is 0 Å². The summed E-state index contributed by atoms with van der Waals surface area (Å²) in [5, 5.41) is 0.744. The van der Waals surface area contributed by atoms with E-state index < -0.39 is 5.41 Å². The fourth-order valence-electron chi connectivity index (χ4n) is 6.27. The summed E-state index contributed by atoms with van der Waals surface area (Å²) in [4.78, 5) is 0. The molecule has 38 heavy (non-hydrogen) atoms. The molecule has 1 heteroatoms. The molecule has 0 unspecified atom stereocenters. The number of halogens is 1. The average molecular weight is 505 g/mol. The van der Waals surface area contributed by atoms with Gasteiger partial charge in [-0.1, -0.05) is 145 Å². The molecule has 0 N–H and O–H groups in total. The highest BCUT2D eigenvalue weighted by atomic mass is 35.5. The monoisotopic (exact) mass is 504 g/mol. The first-order valence-corrected chi connectivity index (χ1v) is 13.4. The molecule has 0 aliphatic heterocycles. The van der Waals surface area contributed by atoms with Crippen molar-refractivity contribution in [1.29, 1.82) is 0 Å². The van der Waals surface area contributed by atoms with Crippen LogP contribution in [0.2, 0.25) is 5.02 Å². The number of rotatable bonds is 4. The zero-order valence-electron chi connectivity index (χ0n) is 20.8. The summed E-state index contributed by atoms with van der Waals surface area (Å²) >= 11 is 6.39. The standard InChI is InChI=1S/C37H25Cl/c38-30-17-11-13-27(25-30)32-19-5-4-18-31(32)26-12-10-16-29(24-26)37(28-14-2-1-3-15-28)35-22-8-6-20-33(35)34-21-7-9-23-36(34)37/h1-25H. The average Bonchev–Trinajstić information content (AvgIpc) is 3.29. The lowest BCUT2D eigenvalue weighted by Gasteiger charge is -2.34. The van der Waals surface area contributed by atoms with Gasteiger partial charge in [0.05, 0.1) is 5.41 Å². The second-order valence-electron chi connectivity index (χ2n) is 9.84. The molecule has 0 aromatic heterocycles. The van der Waals surface area contributed by atoms with Crippen molar-refractivity contribution in [3.05, 3.63) is 179 Å². The van der Waals surface area contributed by atoms with Gasteiger partial charge >= 0.3 is 0 Å². The number of hydrogen-bond donors (Lipinski definition) is 0. The molecule has 6 aromatic carbocycles. The van der Waals surface area contributed by atoms with Gasteiger partial charge in [0.25, 0.3) is 0 Å². The minimum atomic E-state index is -0.407. The Morgan fingerprint density at radius 1 is 0.368 bits per heavy atom. The van der Waals surface area contributed by atoms with E-state index in [1.807, 2.05) is 18.2 Å². The molecule has 0 saturated carbocycles. The summed E-state index contributed by atoms with van der Waals surface area (Å²) in [6.07, 6.45) is 0. The molecule has 180 valence electrons. The maximum absolute atomic E-state index is 6.39. The topological polar surface area (TPSA) is 0 Å². The van der Waals surface area contributed by atoms with Gasteiger partial charge in [0, 0.05) is 5.02 Å². The van der Waals surface area contributed by atoms with Crippen LogP contribution in [0.15, 0.2) is 152 Å². The quantitative estimate of drug-likeness (QED) is 0.223. The Hall–Kier alpha value is -4.39. The van der Waals surface area contributed by atoms with Gasteiger partial charge < -0.3 is 0 Å². The van der Waals surface area contributed by atoms with E-state index in [4.69, 9.17) is 11.6 Å². The minimum absolute atomic E-state index is 0.407. The van der Waals surface area contributed by atoms with Gasteiger partial charge in [0.15, 0.2) is 0 Å². The van der Waals surface area contributed by atoms with E-state index in [0.717, 1.165) is 10.6 Å². The Morgan fingerprint density at radius 3 is 1.45 bits per heavy atom. The number of benzene rings is 6. The molecular weight excluding hydrogens is 480 g/mol. The van der Waals surface area contributed by atoms with Crippen LogP contribution >= 0.6 is 11.6 Å². The highest BCUT2D eigenvalue weighted by Crippen LogP contribution is 2.56. The summed E-state index contributed by atoms with van der Waals surface area (Å²) in [5.74, 6) is 0. The van der Waals surface area contributed by atoms with Crippen molar-refractivity contribution in [3.8, 4) is 33.4 Å². The maximum atomic E-state index is 6.39. The molecule has 0 spiro atoms. The Balaban J connectivity index is 1.51. The van der Waals surface area contributed by atoms with Crippen LogP contribution < -0.4 is 0 Å². The third-order valence-electron chi connectivity index (χ3n) is 7.83. The predicted molar refractivity (Wildman–Crippen MR) is 160 cm³/mol. The smallest absolute Gasteiger partial charge is 0.0713 e. The van der Waals surface area contributed by atoms with Crippen molar-refractivity contribution in [1.82, 2.24) is 0 Å². The van der Waals surface area contributed by atoms with Gasteiger partial charge in [-0.25, -0.2) is 0 Å². The summed E-state index contributed by atoms with van der Waals surface area (Å²) in [7, 11) is 0. The molecule has 1 aliphatic carbocycles. The highest BCUT2D eigenvalue weighted by Gasteiger charge is 2.45. The van der Waals surface area contributed by atoms with Crippen LogP contribution in [0, 0.1) is 0 Å². The van der Waals surface area contributed by atoms with Gasteiger partial charge in [0.2, 0.25) is 0 Å². The van der Waals surface area contributed by atoms with Gasteiger partial charge in [-0.3, -0.25) is 0 Å². The van der Waals surface area contributed by atoms with Gasteiger partial charge in [-0.2, -0.15) is 0 Å². The summed E-state index contributed by atoms with van der Waals surface area (Å²) in [6, 6.07) is 54.5. The second kappa shape index (κ2) is 9.17. The first-order valence-electron chi connectivity index (χ1n) is 13.0. The molecule has 0 nitrogen and oxygen atoms in total. The lowest BCUT2D eigenvalue weighted by Crippen LogP contribution is -2.28. The molecule has 0 heterocycles. The van der Waals surface area contributed by atoms with E-state index in [2.05, 4.69) is 133 Å². The van der Waals surface area contributed by atoms with E-state index in [9.17, 15) is 0 Å². The van der Waals surface area contributed by atoms with Crippen LogP contribution in [0.3, 0.4) is 0 Å². The molecule has 0 saturated heterocycles. The van der Waals surface area contributed by atoms with Crippen molar-refractivity contribution in [2.24, 2.45) is 0 Å². The van der Waals surface area contributed by atoms with Gasteiger partial charge in [-0.15, -0.1) is 0 Å². The van der Waals surface area contributed by atoms with Gasteiger partial charge in [-0.05, 0) is 73.8 Å².